The highest BCUT2D eigenvalue weighted by molar-refractivity contribution is 5.95. The molecule has 0 atom stereocenters. The highest BCUT2D eigenvalue weighted by Crippen LogP contribution is 2.24. The van der Waals surface area contributed by atoms with Crippen molar-refractivity contribution in [3.63, 3.8) is 0 Å². The number of hydrogen-bond donors (Lipinski definition) is 1. The number of hydrogen-bond acceptors (Lipinski definition) is 6. The molecule has 0 spiro atoms. The Morgan fingerprint density at radius 2 is 1.69 bits per heavy atom. The highest BCUT2D eigenvalue weighted by atomic mass is 16.6. The lowest BCUT2D eigenvalue weighted by Gasteiger charge is -2.30. The first kappa shape index (κ1) is 22.9. The maximum atomic E-state index is 12.5. The number of amides is 2. The normalized spacial score (nSPS) is 12.9. The molecule has 1 aliphatic rings. The van der Waals surface area contributed by atoms with Gasteiger partial charge in [0.05, 0.1) is 21.5 Å². The number of nitro benzene ring substituents is 2. The SMILES string of the molecule is CC(C)CC(=O)N1CCc2cc(CNC(=O)c3cc([N+](=O)[O-])cc([N+](=O)[O-])c3)ccc2C1. The maximum Gasteiger partial charge on any atom is 0.277 e. The summed E-state index contributed by atoms with van der Waals surface area (Å²) < 4.78 is 0. The molecule has 2 aromatic carbocycles. The zero-order valence-electron chi connectivity index (χ0n) is 17.9. The molecule has 32 heavy (non-hydrogen) atoms. The number of nitrogens with zero attached hydrogens (tertiary/aromatic N) is 3. The fraction of sp³-hybridized carbons (Fsp3) is 0.364. The molecule has 1 aliphatic heterocycles. The lowest BCUT2D eigenvalue weighted by atomic mass is 9.96. The zero-order valence-corrected chi connectivity index (χ0v) is 17.9. The molecule has 3 rings (SSSR count). The fourth-order valence-electron chi connectivity index (χ4n) is 3.63. The number of nitro groups is 2. The van der Waals surface area contributed by atoms with Crippen LogP contribution in [-0.4, -0.2) is 33.1 Å². The Morgan fingerprint density at radius 3 is 2.28 bits per heavy atom. The summed E-state index contributed by atoms with van der Waals surface area (Å²) in [5.74, 6) is -0.185. The molecule has 2 aromatic rings. The second-order valence-electron chi connectivity index (χ2n) is 8.20. The van der Waals surface area contributed by atoms with Crippen LogP contribution in [0.2, 0.25) is 0 Å². The van der Waals surface area contributed by atoms with Gasteiger partial charge in [-0.15, -0.1) is 0 Å². The van der Waals surface area contributed by atoms with Crippen molar-refractivity contribution in [1.82, 2.24) is 10.2 Å². The predicted octanol–water partition coefficient (Wildman–Crippen LogP) is 3.36. The van der Waals surface area contributed by atoms with E-state index in [0.717, 1.165) is 41.3 Å². The lowest BCUT2D eigenvalue weighted by molar-refractivity contribution is -0.394. The van der Waals surface area contributed by atoms with Gasteiger partial charge < -0.3 is 10.2 Å². The molecule has 1 heterocycles. The van der Waals surface area contributed by atoms with Gasteiger partial charge in [0.1, 0.15) is 0 Å². The van der Waals surface area contributed by atoms with E-state index in [1.807, 2.05) is 36.9 Å². The highest BCUT2D eigenvalue weighted by Gasteiger charge is 2.22. The van der Waals surface area contributed by atoms with Crippen molar-refractivity contribution in [3.05, 3.63) is 78.9 Å². The van der Waals surface area contributed by atoms with Crippen LogP contribution >= 0.6 is 0 Å². The zero-order chi connectivity index (χ0) is 23.4. The molecule has 0 fully saturated rings. The molecular formula is C22H24N4O6. The molecule has 0 saturated carbocycles. The average molecular weight is 440 g/mol. The van der Waals surface area contributed by atoms with E-state index in [0.29, 0.717) is 25.4 Å². The Hall–Kier alpha value is -3.82. The van der Waals surface area contributed by atoms with Gasteiger partial charge in [0.2, 0.25) is 5.91 Å². The van der Waals surface area contributed by atoms with Crippen LogP contribution in [-0.2, 0) is 24.3 Å². The summed E-state index contributed by atoms with van der Waals surface area (Å²) >= 11 is 0. The first-order valence-electron chi connectivity index (χ1n) is 10.2. The summed E-state index contributed by atoms with van der Waals surface area (Å²) in [5, 5.41) is 24.7. The Morgan fingerprint density at radius 1 is 1.03 bits per heavy atom. The summed E-state index contributed by atoms with van der Waals surface area (Å²) in [7, 11) is 0. The number of benzene rings is 2. The van der Waals surface area contributed by atoms with Crippen LogP contribution in [0.4, 0.5) is 11.4 Å². The smallest absolute Gasteiger partial charge is 0.277 e. The van der Waals surface area contributed by atoms with E-state index in [1.54, 1.807) is 0 Å². The van der Waals surface area contributed by atoms with Gasteiger partial charge in [-0.2, -0.15) is 0 Å². The van der Waals surface area contributed by atoms with E-state index in [1.165, 1.54) is 0 Å². The van der Waals surface area contributed by atoms with Gasteiger partial charge in [-0.1, -0.05) is 32.0 Å². The maximum absolute atomic E-state index is 12.5. The summed E-state index contributed by atoms with van der Waals surface area (Å²) in [6.45, 7) is 5.40. The van der Waals surface area contributed by atoms with E-state index >= 15 is 0 Å². The van der Waals surface area contributed by atoms with Crippen molar-refractivity contribution in [2.75, 3.05) is 6.54 Å². The van der Waals surface area contributed by atoms with E-state index in [2.05, 4.69) is 5.32 Å². The third-order valence-corrected chi connectivity index (χ3v) is 5.26. The number of rotatable bonds is 7. The topological polar surface area (TPSA) is 136 Å². The largest absolute Gasteiger partial charge is 0.348 e. The first-order chi connectivity index (χ1) is 15.1. The van der Waals surface area contributed by atoms with Crippen molar-refractivity contribution >= 4 is 23.2 Å². The van der Waals surface area contributed by atoms with E-state index in [4.69, 9.17) is 0 Å². The molecule has 10 nitrogen and oxygen atoms in total. The minimum absolute atomic E-state index is 0.146. The van der Waals surface area contributed by atoms with Crippen LogP contribution < -0.4 is 5.32 Å². The summed E-state index contributed by atoms with van der Waals surface area (Å²) in [5.41, 5.74) is 1.82. The fourth-order valence-corrected chi connectivity index (χ4v) is 3.63. The van der Waals surface area contributed by atoms with Crippen molar-refractivity contribution in [3.8, 4) is 0 Å². The monoisotopic (exact) mass is 440 g/mol. The third-order valence-electron chi connectivity index (χ3n) is 5.26. The number of non-ortho nitro benzene ring substituents is 2. The van der Waals surface area contributed by atoms with Crippen molar-refractivity contribution in [2.24, 2.45) is 5.92 Å². The van der Waals surface area contributed by atoms with Crippen molar-refractivity contribution in [2.45, 2.75) is 39.8 Å². The van der Waals surface area contributed by atoms with Crippen LogP contribution in [0.1, 0.15) is 47.3 Å². The second kappa shape index (κ2) is 9.54. The van der Waals surface area contributed by atoms with Gasteiger partial charge in [0.25, 0.3) is 17.3 Å². The van der Waals surface area contributed by atoms with Gasteiger partial charge >= 0.3 is 0 Å². The molecule has 0 aromatic heterocycles. The van der Waals surface area contributed by atoms with Crippen molar-refractivity contribution < 1.29 is 19.4 Å². The predicted molar refractivity (Wildman–Crippen MR) is 116 cm³/mol. The summed E-state index contributed by atoms with van der Waals surface area (Å²) in [4.78, 5) is 47.1. The van der Waals surface area contributed by atoms with Crippen LogP contribution in [0.15, 0.2) is 36.4 Å². The van der Waals surface area contributed by atoms with Crippen molar-refractivity contribution in [1.29, 1.82) is 0 Å². The molecule has 0 aliphatic carbocycles. The summed E-state index contributed by atoms with van der Waals surface area (Å²) in [6, 6.07) is 8.59. The molecule has 1 N–H and O–H groups in total. The number of carbonyl (C=O) groups excluding carboxylic acids is 2. The van der Waals surface area contributed by atoms with Gasteiger partial charge in [0, 0.05) is 38.2 Å². The molecule has 10 heteroatoms. The van der Waals surface area contributed by atoms with Gasteiger partial charge in [-0.3, -0.25) is 29.8 Å². The number of fused-ring (bicyclic) bond motifs is 1. The Bertz CT molecular complexity index is 1050. The minimum Gasteiger partial charge on any atom is -0.348 e. The summed E-state index contributed by atoms with van der Waals surface area (Å²) in [6.07, 6.45) is 1.24. The van der Waals surface area contributed by atoms with Gasteiger partial charge in [-0.05, 0) is 29.0 Å². The second-order valence-corrected chi connectivity index (χ2v) is 8.20. The van der Waals surface area contributed by atoms with Gasteiger partial charge in [0.15, 0.2) is 0 Å². The first-order valence-corrected chi connectivity index (χ1v) is 10.2. The van der Waals surface area contributed by atoms with E-state index in [9.17, 15) is 29.8 Å². The number of carbonyl (C=O) groups is 2. The van der Waals surface area contributed by atoms with Crippen LogP contribution in [0.5, 0.6) is 0 Å². The van der Waals surface area contributed by atoms with Crippen LogP contribution in [0.3, 0.4) is 0 Å². The Balaban J connectivity index is 1.67. The molecule has 168 valence electrons. The molecule has 0 radical (unpaired) electrons. The standard InChI is InChI=1S/C22H24N4O6/c1-14(2)7-21(27)24-6-5-16-8-15(3-4-17(16)13-24)12-23-22(28)18-9-19(25(29)30)11-20(10-18)26(31)32/h3-4,8-11,14H,5-7,12-13H2,1-2H3,(H,23,28). The molecule has 0 unspecified atom stereocenters. The average Bonchev–Trinajstić information content (AvgIpc) is 2.76. The minimum atomic E-state index is -0.775. The van der Waals surface area contributed by atoms with Crippen LogP contribution in [0, 0.1) is 26.1 Å². The Labute approximate surface area is 184 Å². The van der Waals surface area contributed by atoms with Crippen LogP contribution in [0.25, 0.3) is 0 Å². The third kappa shape index (κ3) is 5.45. The molecular weight excluding hydrogens is 416 g/mol. The van der Waals surface area contributed by atoms with E-state index in [-0.39, 0.29) is 18.0 Å². The molecule has 0 bridgehead atoms. The Kier molecular flexibility index (Phi) is 6.82. The van der Waals surface area contributed by atoms with Gasteiger partial charge in [-0.25, -0.2) is 0 Å². The lowest BCUT2D eigenvalue weighted by Crippen LogP contribution is -2.36. The number of nitrogens with one attached hydrogen (secondary N) is 1. The quantitative estimate of drug-likeness (QED) is 0.518. The molecule has 0 saturated heterocycles. The van der Waals surface area contributed by atoms with E-state index < -0.39 is 27.1 Å². The molecule has 2 amide bonds.